The first-order valence-corrected chi connectivity index (χ1v) is 6.89. The van der Waals surface area contributed by atoms with Crippen LogP contribution in [0.2, 0.25) is 0 Å². The van der Waals surface area contributed by atoms with E-state index < -0.39 is 0 Å². The molecule has 0 aliphatic rings. The predicted octanol–water partition coefficient (Wildman–Crippen LogP) is 0.904. The molecule has 0 aliphatic heterocycles. The first kappa shape index (κ1) is 14.7. The Balaban J connectivity index is 1.83. The van der Waals surface area contributed by atoms with E-state index in [0.29, 0.717) is 0 Å². The smallest absolute Gasteiger partial charge is 0.0638 e. The number of hydrogen-bond acceptors (Lipinski definition) is 4. The van der Waals surface area contributed by atoms with Crippen molar-refractivity contribution >= 4 is 0 Å². The molecule has 2 heterocycles. The van der Waals surface area contributed by atoms with Crippen molar-refractivity contribution in [2.45, 2.75) is 26.4 Å². The second-order valence-electron chi connectivity index (χ2n) is 4.94. The van der Waals surface area contributed by atoms with Crippen LogP contribution < -0.4 is 5.32 Å². The van der Waals surface area contributed by atoms with Crippen molar-refractivity contribution in [3.05, 3.63) is 35.4 Å². The summed E-state index contributed by atoms with van der Waals surface area (Å²) in [4.78, 5) is 0. The lowest BCUT2D eigenvalue weighted by atomic mass is 10.2. The zero-order valence-electron chi connectivity index (χ0n) is 12.5. The summed E-state index contributed by atoms with van der Waals surface area (Å²) in [6.45, 7) is 5.35. The van der Waals surface area contributed by atoms with Crippen molar-refractivity contribution in [1.29, 1.82) is 0 Å². The summed E-state index contributed by atoms with van der Waals surface area (Å²) in [5, 5.41) is 12.1. The van der Waals surface area contributed by atoms with Gasteiger partial charge in [-0.25, -0.2) is 0 Å². The lowest BCUT2D eigenvalue weighted by molar-refractivity contribution is 0.199. The summed E-state index contributed by atoms with van der Waals surface area (Å²) >= 11 is 0. The van der Waals surface area contributed by atoms with Crippen LogP contribution in [0.15, 0.2) is 18.6 Å². The second-order valence-corrected chi connectivity index (χ2v) is 4.94. The second kappa shape index (κ2) is 7.21. The molecule has 0 bridgehead atoms. The first-order chi connectivity index (χ1) is 9.69. The van der Waals surface area contributed by atoms with Crippen molar-refractivity contribution < 1.29 is 4.74 Å². The highest BCUT2D eigenvalue weighted by atomic mass is 16.5. The molecule has 20 heavy (non-hydrogen) atoms. The highest BCUT2D eigenvalue weighted by Gasteiger charge is 2.05. The Labute approximate surface area is 119 Å². The normalized spacial score (nSPS) is 11.2. The summed E-state index contributed by atoms with van der Waals surface area (Å²) in [6, 6.07) is 0. The first-order valence-electron chi connectivity index (χ1n) is 6.89. The van der Waals surface area contributed by atoms with E-state index in [0.717, 1.165) is 38.4 Å². The number of hydrogen-bond donors (Lipinski definition) is 1. The van der Waals surface area contributed by atoms with Gasteiger partial charge in [0.1, 0.15) is 0 Å². The molecule has 0 fully saturated rings. The van der Waals surface area contributed by atoms with Crippen molar-refractivity contribution in [3.8, 4) is 0 Å². The molecule has 0 saturated heterocycles. The number of nitrogens with zero attached hydrogens (tertiary/aromatic N) is 4. The van der Waals surface area contributed by atoms with Gasteiger partial charge in [0.05, 0.1) is 18.5 Å². The Morgan fingerprint density at radius 2 is 2.20 bits per heavy atom. The molecule has 0 spiro atoms. The van der Waals surface area contributed by atoms with Crippen LogP contribution in [0.1, 0.15) is 16.8 Å². The predicted molar refractivity (Wildman–Crippen MR) is 77.5 cm³/mol. The fraction of sp³-hybridized carbons (Fsp3) is 0.571. The number of methoxy groups -OCH3 is 1. The van der Waals surface area contributed by atoms with Gasteiger partial charge >= 0.3 is 0 Å². The molecular weight excluding hydrogens is 254 g/mol. The molecule has 1 N–H and O–H groups in total. The third kappa shape index (κ3) is 4.18. The maximum absolute atomic E-state index is 5.01. The largest absolute Gasteiger partial charge is 0.383 e. The zero-order chi connectivity index (χ0) is 14.4. The lowest BCUT2D eigenvalue weighted by Crippen LogP contribution is -2.18. The molecule has 0 unspecified atom stereocenters. The number of ether oxygens (including phenoxy) is 1. The molecule has 6 nitrogen and oxygen atoms in total. The van der Waals surface area contributed by atoms with Crippen LogP contribution in [0.25, 0.3) is 0 Å². The summed E-state index contributed by atoms with van der Waals surface area (Å²) in [6.07, 6.45) is 7.02. The fourth-order valence-electron chi connectivity index (χ4n) is 2.09. The Morgan fingerprint density at radius 1 is 1.35 bits per heavy atom. The number of aromatic nitrogens is 4. The number of rotatable bonds is 8. The van der Waals surface area contributed by atoms with Gasteiger partial charge in [-0.05, 0) is 18.9 Å². The standard InChI is InChI=1S/C14H23N5O/c1-12-14(9-15-5-7-20-3)11-19(17-12)6-4-13-8-16-18(2)10-13/h8,10-11,15H,4-7,9H2,1-3H3. The van der Waals surface area contributed by atoms with Gasteiger partial charge in [0, 0.05) is 51.7 Å². The quantitative estimate of drug-likeness (QED) is 0.729. The van der Waals surface area contributed by atoms with Gasteiger partial charge in [0.25, 0.3) is 0 Å². The molecule has 0 aliphatic carbocycles. The fourth-order valence-corrected chi connectivity index (χ4v) is 2.09. The van der Waals surface area contributed by atoms with Crippen LogP contribution in [0.3, 0.4) is 0 Å². The molecule has 2 aromatic rings. The minimum absolute atomic E-state index is 0.730. The van der Waals surface area contributed by atoms with Crippen LogP contribution in [0, 0.1) is 6.92 Å². The molecule has 0 saturated carbocycles. The maximum Gasteiger partial charge on any atom is 0.0638 e. The molecule has 0 atom stereocenters. The summed E-state index contributed by atoms with van der Waals surface area (Å²) in [5.74, 6) is 0. The molecule has 0 radical (unpaired) electrons. The van der Waals surface area contributed by atoms with Gasteiger partial charge in [-0.3, -0.25) is 9.36 Å². The van der Waals surface area contributed by atoms with Gasteiger partial charge < -0.3 is 10.1 Å². The van der Waals surface area contributed by atoms with Gasteiger partial charge in [-0.15, -0.1) is 0 Å². The Kier molecular flexibility index (Phi) is 5.31. The third-order valence-corrected chi connectivity index (χ3v) is 3.23. The van der Waals surface area contributed by atoms with E-state index in [4.69, 9.17) is 4.74 Å². The highest BCUT2D eigenvalue weighted by Crippen LogP contribution is 2.07. The van der Waals surface area contributed by atoms with Crippen LogP contribution >= 0.6 is 0 Å². The average Bonchev–Trinajstić information content (AvgIpc) is 2.99. The van der Waals surface area contributed by atoms with E-state index in [1.807, 2.05) is 35.7 Å². The number of aryl methyl sites for hydroxylation is 4. The van der Waals surface area contributed by atoms with E-state index >= 15 is 0 Å². The molecule has 6 heteroatoms. The summed E-state index contributed by atoms with van der Waals surface area (Å²) < 4.78 is 8.85. The van der Waals surface area contributed by atoms with Crippen LogP contribution in [0.4, 0.5) is 0 Å². The maximum atomic E-state index is 5.01. The molecule has 0 aromatic carbocycles. The Bertz CT molecular complexity index is 531. The summed E-state index contributed by atoms with van der Waals surface area (Å²) in [7, 11) is 3.65. The average molecular weight is 277 g/mol. The van der Waals surface area contributed by atoms with E-state index in [-0.39, 0.29) is 0 Å². The number of nitrogens with one attached hydrogen (secondary N) is 1. The van der Waals surface area contributed by atoms with E-state index in [2.05, 4.69) is 21.7 Å². The van der Waals surface area contributed by atoms with E-state index in [1.165, 1.54) is 11.1 Å². The Hall–Kier alpha value is -1.66. The van der Waals surface area contributed by atoms with Gasteiger partial charge in [-0.1, -0.05) is 0 Å². The van der Waals surface area contributed by atoms with Crippen LogP contribution in [-0.2, 0) is 31.3 Å². The van der Waals surface area contributed by atoms with Gasteiger partial charge in [0.15, 0.2) is 0 Å². The molecule has 0 amide bonds. The minimum atomic E-state index is 0.730. The van der Waals surface area contributed by atoms with Gasteiger partial charge in [0.2, 0.25) is 0 Å². The third-order valence-electron chi connectivity index (χ3n) is 3.23. The van der Waals surface area contributed by atoms with Crippen molar-refractivity contribution in [2.24, 2.45) is 7.05 Å². The minimum Gasteiger partial charge on any atom is -0.383 e. The zero-order valence-corrected chi connectivity index (χ0v) is 12.5. The van der Waals surface area contributed by atoms with E-state index in [9.17, 15) is 0 Å². The van der Waals surface area contributed by atoms with Crippen LogP contribution in [0.5, 0.6) is 0 Å². The SMILES string of the molecule is COCCNCc1cn(CCc2cnn(C)c2)nc1C. The molecule has 2 rings (SSSR count). The molecule has 2 aromatic heterocycles. The van der Waals surface area contributed by atoms with Crippen LogP contribution in [-0.4, -0.2) is 39.8 Å². The van der Waals surface area contributed by atoms with Crippen molar-refractivity contribution in [3.63, 3.8) is 0 Å². The summed E-state index contributed by atoms with van der Waals surface area (Å²) in [5.41, 5.74) is 3.56. The van der Waals surface area contributed by atoms with E-state index in [1.54, 1.807) is 7.11 Å². The Morgan fingerprint density at radius 3 is 2.90 bits per heavy atom. The van der Waals surface area contributed by atoms with Gasteiger partial charge in [-0.2, -0.15) is 10.2 Å². The monoisotopic (exact) mass is 277 g/mol. The molecule has 110 valence electrons. The van der Waals surface area contributed by atoms with Crippen molar-refractivity contribution in [1.82, 2.24) is 24.9 Å². The topological polar surface area (TPSA) is 56.9 Å². The van der Waals surface area contributed by atoms with Crippen molar-refractivity contribution in [2.75, 3.05) is 20.3 Å². The molecular formula is C14H23N5O. The lowest BCUT2D eigenvalue weighted by Gasteiger charge is -2.02. The highest BCUT2D eigenvalue weighted by molar-refractivity contribution is 5.15.